The van der Waals surface area contributed by atoms with Crippen molar-refractivity contribution in [2.24, 2.45) is 0 Å². The molecule has 1 N–H and O–H groups in total. The molecule has 0 saturated carbocycles. The average Bonchev–Trinajstić information content (AvgIpc) is 3.17. The minimum Gasteiger partial charge on any atom is -0.394 e. The normalized spacial score (nSPS) is 16.9. The van der Waals surface area contributed by atoms with E-state index in [-0.39, 0.29) is 29.8 Å². The van der Waals surface area contributed by atoms with Crippen molar-refractivity contribution >= 4 is 16.8 Å². The zero-order valence-corrected chi connectivity index (χ0v) is 14.5. The molecule has 0 spiro atoms. The number of aliphatic hydroxyl groups is 1. The topological polar surface area (TPSA) is 53.4 Å². The molecule has 0 radical (unpaired) electrons. The van der Waals surface area contributed by atoms with Crippen LogP contribution in [0.15, 0.2) is 48.5 Å². The zero-order valence-electron chi connectivity index (χ0n) is 14.5. The SMILES string of the molecule is O=C(c1cc(-c2cc(F)ccc2F)nc2ccccc12)N1CCC[C@@H]1CO. The van der Waals surface area contributed by atoms with Gasteiger partial charge < -0.3 is 10.0 Å². The Bertz CT molecular complexity index is 1020. The van der Waals surface area contributed by atoms with Gasteiger partial charge in [-0.2, -0.15) is 0 Å². The lowest BCUT2D eigenvalue weighted by Crippen LogP contribution is -2.37. The number of hydrogen-bond donors (Lipinski definition) is 1. The molecule has 2 aromatic carbocycles. The fourth-order valence-corrected chi connectivity index (χ4v) is 3.63. The molecule has 1 amide bonds. The van der Waals surface area contributed by atoms with Crippen LogP contribution >= 0.6 is 0 Å². The first kappa shape index (κ1) is 17.5. The fourth-order valence-electron chi connectivity index (χ4n) is 3.63. The molecule has 27 heavy (non-hydrogen) atoms. The van der Waals surface area contributed by atoms with E-state index in [1.54, 1.807) is 29.2 Å². The second kappa shape index (κ2) is 7.04. The summed E-state index contributed by atoms with van der Waals surface area (Å²) in [4.78, 5) is 19.3. The molecule has 0 bridgehead atoms. The first-order chi connectivity index (χ1) is 13.1. The van der Waals surface area contributed by atoms with Crippen molar-refractivity contribution in [3.05, 3.63) is 65.7 Å². The lowest BCUT2D eigenvalue weighted by Gasteiger charge is -2.24. The van der Waals surface area contributed by atoms with Crippen LogP contribution in [0.4, 0.5) is 8.78 Å². The Kier molecular flexibility index (Phi) is 4.58. The van der Waals surface area contributed by atoms with Crippen molar-refractivity contribution in [1.29, 1.82) is 0 Å². The number of nitrogens with zero attached hydrogens (tertiary/aromatic N) is 2. The molecule has 0 aliphatic carbocycles. The molecule has 1 atom stereocenters. The summed E-state index contributed by atoms with van der Waals surface area (Å²) < 4.78 is 27.9. The van der Waals surface area contributed by atoms with E-state index in [9.17, 15) is 18.7 Å². The number of halogens is 2. The van der Waals surface area contributed by atoms with Gasteiger partial charge in [0.1, 0.15) is 11.6 Å². The van der Waals surface area contributed by atoms with Gasteiger partial charge >= 0.3 is 0 Å². The highest BCUT2D eigenvalue weighted by Crippen LogP contribution is 2.29. The van der Waals surface area contributed by atoms with E-state index in [1.807, 2.05) is 0 Å². The fraction of sp³-hybridized carbons (Fsp3) is 0.238. The first-order valence-electron chi connectivity index (χ1n) is 8.85. The van der Waals surface area contributed by atoms with Gasteiger partial charge in [-0.15, -0.1) is 0 Å². The summed E-state index contributed by atoms with van der Waals surface area (Å²) in [6, 6.07) is 11.6. The molecule has 4 rings (SSSR count). The number of aromatic nitrogens is 1. The Balaban J connectivity index is 1.89. The maximum atomic E-state index is 14.3. The predicted octanol–water partition coefficient (Wildman–Crippen LogP) is 3.78. The minimum atomic E-state index is -0.605. The Morgan fingerprint density at radius 3 is 2.81 bits per heavy atom. The molecular formula is C21H18F2N2O2. The monoisotopic (exact) mass is 368 g/mol. The van der Waals surface area contributed by atoms with E-state index in [1.165, 1.54) is 6.07 Å². The summed E-state index contributed by atoms with van der Waals surface area (Å²) in [5.74, 6) is -1.41. The summed E-state index contributed by atoms with van der Waals surface area (Å²) in [5, 5.41) is 10.2. The maximum absolute atomic E-state index is 14.3. The number of pyridine rings is 1. The van der Waals surface area contributed by atoms with Gasteiger partial charge in [-0.25, -0.2) is 13.8 Å². The third-order valence-electron chi connectivity index (χ3n) is 5.00. The van der Waals surface area contributed by atoms with Crippen LogP contribution in [0.5, 0.6) is 0 Å². The number of rotatable bonds is 3. The van der Waals surface area contributed by atoms with Gasteiger partial charge in [-0.1, -0.05) is 18.2 Å². The molecule has 1 saturated heterocycles. The number of fused-ring (bicyclic) bond motifs is 1. The van der Waals surface area contributed by atoms with Crippen LogP contribution in [-0.4, -0.2) is 40.1 Å². The molecule has 1 fully saturated rings. The van der Waals surface area contributed by atoms with Crippen LogP contribution in [0.1, 0.15) is 23.2 Å². The van der Waals surface area contributed by atoms with Gasteiger partial charge in [-0.3, -0.25) is 4.79 Å². The Morgan fingerprint density at radius 2 is 2.00 bits per heavy atom. The largest absolute Gasteiger partial charge is 0.394 e. The van der Waals surface area contributed by atoms with Gasteiger partial charge in [0.05, 0.1) is 29.4 Å². The number of carbonyl (C=O) groups is 1. The van der Waals surface area contributed by atoms with E-state index in [2.05, 4.69) is 4.98 Å². The number of amides is 1. The number of likely N-dealkylation sites (tertiary alicyclic amines) is 1. The summed E-state index contributed by atoms with van der Waals surface area (Å²) in [6.45, 7) is 0.463. The van der Waals surface area contributed by atoms with Crippen molar-refractivity contribution in [3.63, 3.8) is 0 Å². The molecule has 1 aliphatic rings. The molecular weight excluding hydrogens is 350 g/mol. The van der Waals surface area contributed by atoms with Crippen LogP contribution in [0.3, 0.4) is 0 Å². The average molecular weight is 368 g/mol. The molecule has 3 aromatic rings. The quantitative estimate of drug-likeness (QED) is 0.766. The van der Waals surface area contributed by atoms with Crippen LogP contribution < -0.4 is 0 Å². The summed E-state index contributed by atoms with van der Waals surface area (Å²) in [5.41, 5.74) is 1.12. The second-order valence-electron chi connectivity index (χ2n) is 6.67. The van der Waals surface area contributed by atoms with E-state index in [0.717, 1.165) is 31.0 Å². The Morgan fingerprint density at radius 1 is 1.19 bits per heavy atom. The van der Waals surface area contributed by atoms with E-state index < -0.39 is 11.6 Å². The molecule has 0 unspecified atom stereocenters. The van der Waals surface area contributed by atoms with E-state index in [4.69, 9.17) is 0 Å². The number of para-hydroxylation sites is 1. The van der Waals surface area contributed by atoms with Gasteiger partial charge in [-0.05, 0) is 43.2 Å². The third kappa shape index (κ3) is 3.17. The number of hydrogen-bond acceptors (Lipinski definition) is 3. The van der Waals surface area contributed by atoms with Crippen LogP contribution in [0.25, 0.3) is 22.2 Å². The summed E-state index contributed by atoms with van der Waals surface area (Å²) in [6.07, 6.45) is 1.57. The number of benzene rings is 2. The van der Waals surface area contributed by atoms with Crippen molar-refractivity contribution in [3.8, 4) is 11.3 Å². The van der Waals surface area contributed by atoms with E-state index in [0.29, 0.717) is 23.0 Å². The molecule has 4 nitrogen and oxygen atoms in total. The van der Waals surface area contributed by atoms with Gasteiger partial charge in [0, 0.05) is 17.5 Å². The predicted molar refractivity (Wildman–Crippen MR) is 98.2 cm³/mol. The Labute approximate surface area is 155 Å². The summed E-state index contributed by atoms with van der Waals surface area (Å²) >= 11 is 0. The highest BCUT2D eigenvalue weighted by Gasteiger charge is 2.30. The maximum Gasteiger partial charge on any atom is 0.254 e. The minimum absolute atomic E-state index is 0.00920. The smallest absolute Gasteiger partial charge is 0.254 e. The van der Waals surface area contributed by atoms with Crippen molar-refractivity contribution < 1.29 is 18.7 Å². The van der Waals surface area contributed by atoms with Gasteiger partial charge in [0.2, 0.25) is 0 Å². The molecule has 6 heteroatoms. The molecule has 138 valence electrons. The van der Waals surface area contributed by atoms with Gasteiger partial charge in [0.25, 0.3) is 5.91 Å². The second-order valence-corrected chi connectivity index (χ2v) is 6.67. The van der Waals surface area contributed by atoms with Crippen LogP contribution in [-0.2, 0) is 0 Å². The standard InChI is InChI=1S/C21H18F2N2O2/c22-13-7-8-18(23)17(10-13)20-11-16(15-5-1-2-6-19(15)24-20)21(27)25-9-3-4-14(25)12-26/h1-2,5-8,10-11,14,26H,3-4,9,12H2/t14-/m1/s1. The first-order valence-corrected chi connectivity index (χ1v) is 8.85. The van der Waals surface area contributed by atoms with Gasteiger partial charge in [0.15, 0.2) is 0 Å². The van der Waals surface area contributed by atoms with Crippen LogP contribution in [0.2, 0.25) is 0 Å². The van der Waals surface area contributed by atoms with Crippen molar-refractivity contribution in [2.75, 3.05) is 13.2 Å². The van der Waals surface area contributed by atoms with Crippen molar-refractivity contribution in [1.82, 2.24) is 9.88 Å². The Hall–Kier alpha value is -2.86. The summed E-state index contributed by atoms with van der Waals surface area (Å²) in [7, 11) is 0. The lowest BCUT2D eigenvalue weighted by molar-refractivity contribution is 0.0679. The lowest BCUT2D eigenvalue weighted by atomic mass is 10.0. The molecule has 1 aliphatic heterocycles. The number of carbonyl (C=O) groups excluding carboxylic acids is 1. The molecule has 2 heterocycles. The van der Waals surface area contributed by atoms with Crippen molar-refractivity contribution in [2.45, 2.75) is 18.9 Å². The number of aliphatic hydroxyl groups excluding tert-OH is 1. The highest BCUT2D eigenvalue weighted by atomic mass is 19.1. The molecule has 1 aromatic heterocycles. The van der Waals surface area contributed by atoms with Crippen LogP contribution in [0, 0.1) is 11.6 Å². The zero-order chi connectivity index (χ0) is 19.0. The van der Waals surface area contributed by atoms with E-state index >= 15 is 0 Å². The third-order valence-corrected chi connectivity index (χ3v) is 5.00. The highest BCUT2D eigenvalue weighted by molar-refractivity contribution is 6.07.